The molecule has 2 aromatic heterocycles. The number of fused-ring (bicyclic) bond motifs is 1. The van der Waals surface area contributed by atoms with Gasteiger partial charge in [0.25, 0.3) is 0 Å². The Hall–Kier alpha value is -1.91. The monoisotopic (exact) mass is 286 g/mol. The molecule has 102 valence electrons. The second-order valence-electron chi connectivity index (χ2n) is 4.84. The third-order valence-corrected chi connectivity index (χ3v) is 3.73. The van der Waals surface area contributed by atoms with E-state index in [0.29, 0.717) is 6.54 Å². The van der Waals surface area contributed by atoms with E-state index in [4.69, 9.17) is 17.3 Å². The first-order valence-electron chi connectivity index (χ1n) is 6.42. The fraction of sp³-hybridized carbons (Fsp3) is 0.200. The summed E-state index contributed by atoms with van der Waals surface area (Å²) in [6.07, 6.45) is 0. The first-order valence-corrected chi connectivity index (χ1v) is 6.79. The minimum absolute atomic E-state index is 0.243. The first kappa shape index (κ1) is 13.1. The normalized spacial score (nSPS) is 11.2. The summed E-state index contributed by atoms with van der Waals surface area (Å²) in [5, 5.41) is 1.26. The second-order valence-corrected chi connectivity index (χ2v) is 5.18. The molecular formula is C15H15ClN4. The van der Waals surface area contributed by atoms with E-state index in [1.165, 1.54) is 0 Å². The van der Waals surface area contributed by atoms with Gasteiger partial charge in [-0.2, -0.15) is 4.98 Å². The minimum atomic E-state index is 0.243. The standard InChI is InChI=1S/C15H15ClN4/c1-8-9(2)18-14-12(8)13(19-15(16)20-14)11-5-3-4-10(6-11)7-17/h3-6H,7,17H2,1-2H3,(H,18,19,20). The highest BCUT2D eigenvalue weighted by molar-refractivity contribution is 6.28. The van der Waals surface area contributed by atoms with Gasteiger partial charge in [-0.25, -0.2) is 4.98 Å². The fourth-order valence-corrected chi connectivity index (χ4v) is 2.56. The van der Waals surface area contributed by atoms with Crippen LogP contribution in [0.4, 0.5) is 0 Å². The van der Waals surface area contributed by atoms with Crippen LogP contribution in [-0.2, 0) is 6.54 Å². The van der Waals surface area contributed by atoms with Crippen molar-refractivity contribution in [1.29, 1.82) is 0 Å². The fourth-order valence-electron chi connectivity index (χ4n) is 2.39. The number of aryl methyl sites for hydroxylation is 2. The highest BCUT2D eigenvalue weighted by Gasteiger charge is 2.14. The Balaban J connectivity index is 2.34. The van der Waals surface area contributed by atoms with E-state index in [1.807, 2.05) is 31.2 Å². The molecule has 0 aliphatic rings. The molecule has 0 aliphatic heterocycles. The molecule has 20 heavy (non-hydrogen) atoms. The third-order valence-electron chi connectivity index (χ3n) is 3.56. The SMILES string of the molecule is Cc1[nH]c2nc(Cl)nc(-c3cccc(CN)c3)c2c1C. The van der Waals surface area contributed by atoms with Crippen LogP contribution in [-0.4, -0.2) is 15.0 Å². The number of nitrogens with one attached hydrogen (secondary N) is 1. The van der Waals surface area contributed by atoms with Gasteiger partial charge in [0.15, 0.2) is 0 Å². The zero-order chi connectivity index (χ0) is 14.3. The Morgan fingerprint density at radius 1 is 1.25 bits per heavy atom. The van der Waals surface area contributed by atoms with Gasteiger partial charge in [-0.3, -0.25) is 0 Å². The van der Waals surface area contributed by atoms with Crippen LogP contribution in [0.1, 0.15) is 16.8 Å². The molecular weight excluding hydrogens is 272 g/mol. The molecule has 3 rings (SSSR count). The summed E-state index contributed by atoms with van der Waals surface area (Å²) in [7, 11) is 0. The topological polar surface area (TPSA) is 67.6 Å². The first-order chi connectivity index (χ1) is 9.60. The van der Waals surface area contributed by atoms with Crippen molar-refractivity contribution < 1.29 is 0 Å². The maximum Gasteiger partial charge on any atom is 0.224 e. The van der Waals surface area contributed by atoms with Gasteiger partial charge in [0.2, 0.25) is 5.28 Å². The number of aromatic nitrogens is 3. The molecule has 0 amide bonds. The van der Waals surface area contributed by atoms with E-state index < -0.39 is 0 Å². The van der Waals surface area contributed by atoms with Crippen molar-refractivity contribution in [3.63, 3.8) is 0 Å². The van der Waals surface area contributed by atoms with E-state index in [-0.39, 0.29) is 5.28 Å². The lowest BCUT2D eigenvalue weighted by Gasteiger charge is -2.06. The molecule has 0 saturated heterocycles. The number of aromatic amines is 1. The molecule has 0 spiro atoms. The van der Waals surface area contributed by atoms with E-state index >= 15 is 0 Å². The maximum absolute atomic E-state index is 6.04. The summed E-state index contributed by atoms with van der Waals surface area (Å²) in [5.41, 5.74) is 11.6. The van der Waals surface area contributed by atoms with Crippen molar-refractivity contribution in [3.05, 3.63) is 46.4 Å². The molecule has 0 bridgehead atoms. The Morgan fingerprint density at radius 2 is 2.05 bits per heavy atom. The molecule has 2 heterocycles. The summed E-state index contributed by atoms with van der Waals surface area (Å²) < 4.78 is 0. The van der Waals surface area contributed by atoms with Gasteiger partial charge in [0.1, 0.15) is 5.65 Å². The van der Waals surface area contributed by atoms with Gasteiger partial charge in [0, 0.05) is 23.2 Å². The Labute approximate surface area is 122 Å². The average molecular weight is 287 g/mol. The number of nitrogens with two attached hydrogens (primary N) is 1. The quantitative estimate of drug-likeness (QED) is 0.710. The molecule has 0 aliphatic carbocycles. The summed E-state index contributed by atoms with van der Waals surface area (Å²) in [6.45, 7) is 4.58. The van der Waals surface area contributed by atoms with Gasteiger partial charge in [-0.15, -0.1) is 0 Å². The van der Waals surface area contributed by atoms with E-state index in [0.717, 1.165) is 39.1 Å². The number of rotatable bonds is 2. The number of nitrogens with zero attached hydrogens (tertiary/aromatic N) is 2. The zero-order valence-corrected chi connectivity index (χ0v) is 12.1. The summed E-state index contributed by atoms with van der Waals surface area (Å²) in [5.74, 6) is 0. The van der Waals surface area contributed by atoms with Crippen molar-refractivity contribution in [3.8, 4) is 11.3 Å². The van der Waals surface area contributed by atoms with Crippen molar-refractivity contribution in [2.45, 2.75) is 20.4 Å². The number of halogens is 1. The van der Waals surface area contributed by atoms with Crippen LogP contribution in [0, 0.1) is 13.8 Å². The molecule has 4 nitrogen and oxygen atoms in total. The summed E-state index contributed by atoms with van der Waals surface area (Å²) >= 11 is 6.04. The van der Waals surface area contributed by atoms with Crippen molar-refractivity contribution in [2.24, 2.45) is 5.73 Å². The number of benzene rings is 1. The highest BCUT2D eigenvalue weighted by Crippen LogP contribution is 2.31. The predicted octanol–water partition coefficient (Wildman–Crippen LogP) is 3.35. The minimum Gasteiger partial charge on any atom is -0.343 e. The number of hydrogen-bond donors (Lipinski definition) is 2. The molecule has 1 aromatic carbocycles. The lowest BCUT2D eigenvalue weighted by Crippen LogP contribution is -1.97. The highest BCUT2D eigenvalue weighted by atomic mass is 35.5. The largest absolute Gasteiger partial charge is 0.343 e. The number of hydrogen-bond acceptors (Lipinski definition) is 3. The molecule has 5 heteroatoms. The van der Waals surface area contributed by atoms with Crippen molar-refractivity contribution in [2.75, 3.05) is 0 Å². The third kappa shape index (κ3) is 2.07. The van der Waals surface area contributed by atoms with Crippen LogP contribution in [0.3, 0.4) is 0 Å². The van der Waals surface area contributed by atoms with Crippen LogP contribution in [0.5, 0.6) is 0 Å². The van der Waals surface area contributed by atoms with Crippen LogP contribution in [0.25, 0.3) is 22.3 Å². The Morgan fingerprint density at radius 3 is 2.80 bits per heavy atom. The molecule has 3 N–H and O–H groups in total. The predicted molar refractivity (Wildman–Crippen MR) is 81.7 cm³/mol. The Bertz CT molecular complexity index is 792. The molecule has 3 aromatic rings. The van der Waals surface area contributed by atoms with Crippen molar-refractivity contribution in [1.82, 2.24) is 15.0 Å². The van der Waals surface area contributed by atoms with Crippen LogP contribution < -0.4 is 5.73 Å². The second kappa shape index (κ2) is 4.89. The molecule has 0 unspecified atom stereocenters. The molecule has 0 radical (unpaired) electrons. The zero-order valence-electron chi connectivity index (χ0n) is 11.4. The van der Waals surface area contributed by atoms with Crippen LogP contribution >= 0.6 is 11.6 Å². The van der Waals surface area contributed by atoms with Gasteiger partial charge >= 0.3 is 0 Å². The number of H-pyrrole nitrogens is 1. The lowest BCUT2D eigenvalue weighted by atomic mass is 10.0. The van der Waals surface area contributed by atoms with Gasteiger partial charge in [-0.1, -0.05) is 18.2 Å². The summed E-state index contributed by atoms with van der Waals surface area (Å²) in [4.78, 5) is 11.9. The van der Waals surface area contributed by atoms with Gasteiger partial charge in [0.05, 0.1) is 5.69 Å². The van der Waals surface area contributed by atoms with E-state index in [1.54, 1.807) is 0 Å². The average Bonchev–Trinajstić information content (AvgIpc) is 2.73. The maximum atomic E-state index is 6.04. The van der Waals surface area contributed by atoms with Crippen molar-refractivity contribution >= 4 is 22.6 Å². The molecule has 0 saturated carbocycles. The van der Waals surface area contributed by atoms with E-state index in [2.05, 4.69) is 21.9 Å². The van der Waals surface area contributed by atoms with Gasteiger partial charge < -0.3 is 10.7 Å². The summed E-state index contributed by atoms with van der Waals surface area (Å²) in [6, 6.07) is 8.03. The molecule has 0 fully saturated rings. The lowest BCUT2D eigenvalue weighted by molar-refractivity contribution is 1.07. The van der Waals surface area contributed by atoms with Gasteiger partial charge in [-0.05, 0) is 42.6 Å². The molecule has 0 atom stereocenters. The smallest absolute Gasteiger partial charge is 0.224 e. The van der Waals surface area contributed by atoms with Crippen LogP contribution in [0.15, 0.2) is 24.3 Å². The Kier molecular flexibility index (Phi) is 3.20. The van der Waals surface area contributed by atoms with E-state index in [9.17, 15) is 0 Å². The van der Waals surface area contributed by atoms with Crippen LogP contribution in [0.2, 0.25) is 5.28 Å².